The van der Waals surface area contributed by atoms with Crippen molar-refractivity contribution in [2.45, 2.75) is 34.2 Å². The quantitative estimate of drug-likeness (QED) is 0.196. The summed E-state index contributed by atoms with van der Waals surface area (Å²) in [6.07, 6.45) is 1.32. The first-order valence-electron chi connectivity index (χ1n) is 12.3. The second kappa shape index (κ2) is 14.0. The molecule has 0 aliphatic heterocycles. The molecule has 0 aliphatic carbocycles. The molecular weight excluding hydrogens is 520 g/mol. The van der Waals surface area contributed by atoms with Crippen molar-refractivity contribution in [1.82, 2.24) is 10.7 Å². The highest BCUT2D eigenvalue weighted by Crippen LogP contribution is 2.36. The molecule has 3 N–H and O–H groups in total. The minimum atomic E-state index is -0.913. The summed E-state index contributed by atoms with van der Waals surface area (Å²) in [4.78, 5) is 36.6. The summed E-state index contributed by atoms with van der Waals surface area (Å²) in [6, 6.07) is 16.4. The lowest BCUT2D eigenvalue weighted by Crippen LogP contribution is -2.37. The van der Waals surface area contributed by atoms with E-state index in [0.29, 0.717) is 23.6 Å². The number of hydrazone groups is 1. The smallest absolute Gasteiger partial charge is 0.329 e. The fourth-order valence-corrected chi connectivity index (χ4v) is 3.80. The topological polar surface area (TPSA) is 118 Å². The third-order valence-corrected chi connectivity index (χ3v) is 5.78. The number of carbonyl (C=O) groups excluding carboxylic acids is 3. The van der Waals surface area contributed by atoms with Gasteiger partial charge in [0.15, 0.2) is 18.1 Å². The van der Waals surface area contributed by atoms with E-state index in [2.05, 4.69) is 21.2 Å². The zero-order valence-electron chi connectivity index (χ0n) is 22.3. The zero-order valence-corrected chi connectivity index (χ0v) is 23.0. The maximum absolute atomic E-state index is 12.5. The Balaban J connectivity index is 1.58. The molecule has 0 spiro atoms. The van der Waals surface area contributed by atoms with Gasteiger partial charge in [0, 0.05) is 12.2 Å². The predicted octanol–water partition coefficient (Wildman–Crippen LogP) is 4.45. The maximum Gasteiger partial charge on any atom is 0.329 e. The van der Waals surface area contributed by atoms with Crippen LogP contribution in [0.15, 0.2) is 59.7 Å². The molecule has 0 bridgehead atoms. The molecule has 39 heavy (non-hydrogen) atoms. The maximum atomic E-state index is 12.5. The number of benzene rings is 3. The largest absolute Gasteiger partial charge is 0.490 e. The van der Waals surface area contributed by atoms with Crippen molar-refractivity contribution < 1.29 is 23.9 Å². The number of aryl methyl sites for hydroxylation is 3. The van der Waals surface area contributed by atoms with E-state index in [9.17, 15) is 14.4 Å². The first-order valence-corrected chi connectivity index (χ1v) is 12.7. The summed E-state index contributed by atoms with van der Waals surface area (Å²) in [5.41, 5.74) is 7.37. The molecule has 3 rings (SSSR count). The molecule has 10 heteroatoms. The first kappa shape index (κ1) is 29.2. The van der Waals surface area contributed by atoms with E-state index in [1.807, 2.05) is 63.2 Å². The summed E-state index contributed by atoms with van der Waals surface area (Å²) in [6.45, 7) is 7.90. The molecule has 9 nitrogen and oxygen atoms in total. The number of anilines is 1. The first-order chi connectivity index (χ1) is 18.7. The van der Waals surface area contributed by atoms with Crippen molar-refractivity contribution >= 4 is 41.2 Å². The molecule has 0 saturated carbocycles. The van der Waals surface area contributed by atoms with Gasteiger partial charge in [0.05, 0.1) is 17.8 Å². The Morgan fingerprint density at radius 1 is 0.923 bits per heavy atom. The summed E-state index contributed by atoms with van der Waals surface area (Å²) in [7, 11) is 0. The number of ether oxygens (including phenoxy) is 2. The number of nitrogens with zero attached hydrogens (tertiary/aromatic N) is 1. The summed E-state index contributed by atoms with van der Waals surface area (Å²) in [5.74, 6) is -1.58. The normalized spacial score (nSPS) is 10.7. The molecule has 0 atom stereocenters. The molecule has 0 heterocycles. The molecule has 204 valence electrons. The molecule has 3 amide bonds. The number of hydrogen-bond donors (Lipinski definition) is 3. The number of carbonyl (C=O) groups is 3. The van der Waals surface area contributed by atoms with Crippen LogP contribution in [0.5, 0.6) is 11.5 Å². The van der Waals surface area contributed by atoms with E-state index in [4.69, 9.17) is 21.1 Å². The minimum absolute atomic E-state index is 0.184. The third-order valence-electron chi connectivity index (χ3n) is 5.49. The summed E-state index contributed by atoms with van der Waals surface area (Å²) >= 11 is 6.41. The fraction of sp³-hybridized carbons (Fsp3) is 0.241. The average molecular weight is 551 g/mol. The van der Waals surface area contributed by atoms with Crippen LogP contribution in [0.1, 0.15) is 34.7 Å². The molecular formula is C29H31ClN4O5. The molecule has 0 radical (unpaired) electrons. The Morgan fingerprint density at radius 3 is 2.33 bits per heavy atom. The van der Waals surface area contributed by atoms with E-state index in [0.717, 1.165) is 22.3 Å². The molecule has 0 aromatic heterocycles. The second-order valence-corrected chi connectivity index (χ2v) is 9.19. The Labute approximate surface area is 232 Å². The van der Waals surface area contributed by atoms with Crippen molar-refractivity contribution in [2.75, 3.05) is 18.5 Å². The van der Waals surface area contributed by atoms with Crippen LogP contribution in [-0.4, -0.2) is 37.1 Å². The molecule has 0 fully saturated rings. The Hall–Kier alpha value is -4.37. The fourth-order valence-electron chi connectivity index (χ4n) is 3.53. The molecule has 0 saturated heterocycles. The van der Waals surface area contributed by atoms with Gasteiger partial charge in [-0.1, -0.05) is 59.1 Å². The Bertz CT molecular complexity index is 1370. The van der Waals surface area contributed by atoms with Gasteiger partial charge in [0.2, 0.25) is 0 Å². The average Bonchev–Trinajstić information content (AvgIpc) is 2.89. The van der Waals surface area contributed by atoms with Crippen LogP contribution < -0.4 is 25.5 Å². The monoisotopic (exact) mass is 550 g/mol. The molecule has 3 aromatic rings. The van der Waals surface area contributed by atoms with E-state index in [1.165, 1.54) is 12.3 Å². The van der Waals surface area contributed by atoms with E-state index < -0.39 is 11.8 Å². The lowest BCUT2D eigenvalue weighted by atomic mass is 10.1. The van der Waals surface area contributed by atoms with Gasteiger partial charge in [-0.15, -0.1) is 0 Å². The molecule has 0 unspecified atom stereocenters. The van der Waals surface area contributed by atoms with Crippen LogP contribution in [0, 0.1) is 20.8 Å². The summed E-state index contributed by atoms with van der Waals surface area (Å²) in [5, 5.41) is 9.37. The number of hydrogen-bond acceptors (Lipinski definition) is 6. The van der Waals surface area contributed by atoms with Crippen molar-refractivity contribution in [2.24, 2.45) is 5.10 Å². The van der Waals surface area contributed by atoms with Crippen LogP contribution in [0.3, 0.4) is 0 Å². The van der Waals surface area contributed by atoms with Crippen LogP contribution in [0.4, 0.5) is 5.69 Å². The van der Waals surface area contributed by atoms with Crippen molar-refractivity contribution in [3.63, 3.8) is 0 Å². The Kier molecular flexibility index (Phi) is 10.5. The van der Waals surface area contributed by atoms with Gasteiger partial charge < -0.3 is 20.1 Å². The zero-order chi connectivity index (χ0) is 28.4. The lowest BCUT2D eigenvalue weighted by Gasteiger charge is -2.15. The van der Waals surface area contributed by atoms with E-state index in [1.54, 1.807) is 13.0 Å². The van der Waals surface area contributed by atoms with Gasteiger partial charge in [0.25, 0.3) is 5.91 Å². The number of rotatable bonds is 10. The lowest BCUT2D eigenvalue weighted by molar-refractivity contribution is -0.139. The van der Waals surface area contributed by atoms with Crippen LogP contribution in [-0.2, 0) is 20.9 Å². The highest BCUT2D eigenvalue weighted by Gasteiger charge is 2.15. The number of halogens is 1. The third kappa shape index (κ3) is 8.86. The highest BCUT2D eigenvalue weighted by atomic mass is 35.5. The van der Waals surface area contributed by atoms with Gasteiger partial charge in [0.1, 0.15) is 0 Å². The summed E-state index contributed by atoms with van der Waals surface area (Å²) < 4.78 is 11.3. The van der Waals surface area contributed by atoms with E-state index in [-0.39, 0.29) is 29.8 Å². The van der Waals surface area contributed by atoms with Crippen molar-refractivity contribution in [3.05, 3.63) is 87.4 Å². The van der Waals surface area contributed by atoms with Crippen LogP contribution in [0.25, 0.3) is 0 Å². The van der Waals surface area contributed by atoms with Gasteiger partial charge in [-0.25, -0.2) is 5.43 Å². The predicted molar refractivity (Wildman–Crippen MR) is 151 cm³/mol. The molecule has 3 aromatic carbocycles. The van der Waals surface area contributed by atoms with Gasteiger partial charge in [-0.3, -0.25) is 14.4 Å². The standard InChI is InChI=1S/C29H31ClN4O5/c1-5-38-25-14-22(16-32-34-29(37)28(36)31-15-21-9-6-18(2)7-10-21)13-23(30)27(25)39-17-26(35)33-24-11-8-19(3)12-20(24)4/h6-14,16H,5,15,17H2,1-4H3,(H,31,36)(H,33,35)(H,34,37)/b32-16-. The SMILES string of the molecule is CCOc1cc(/C=N\NC(=O)C(=O)NCc2ccc(C)cc2)cc(Cl)c1OCC(=O)Nc1ccc(C)cc1C. The highest BCUT2D eigenvalue weighted by molar-refractivity contribution is 6.35. The van der Waals surface area contributed by atoms with Crippen LogP contribution >= 0.6 is 11.6 Å². The van der Waals surface area contributed by atoms with Crippen molar-refractivity contribution in [1.29, 1.82) is 0 Å². The second-order valence-electron chi connectivity index (χ2n) is 8.79. The van der Waals surface area contributed by atoms with Crippen molar-refractivity contribution in [3.8, 4) is 11.5 Å². The minimum Gasteiger partial charge on any atom is -0.490 e. The van der Waals surface area contributed by atoms with Gasteiger partial charge in [-0.2, -0.15) is 5.10 Å². The number of amides is 3. The van der Waals surface area contributed by atoms with Gasteiger partial charge in [-0.05, 0) is 62.6 Å². The van der Waals surface area contributed by atoms with E-state index >= 15 is 0 Å². The van der Waals surface area contributed by atoms with Gasteiger partial charge >= 0.3 is 11.8 Å². The molecule has 0 aliphatic rings. The number of nitrogens with one attached hydrogen (secondary N) is 3. The van der Waals surface area contributed by atoms with Crippen LogP contribution in [0.2, 0.25) is 5.02 Å². The Morgan fingerprint density at radius 2 is 1.64 bits per heavy atom.